The molecular weight excluding hydrogens is 314 g/mol. The number of fused-ring (bicyclic) bond motifs is 3. The highest BCUT2D eigenvalue weighted by atomic mass is 32.1. The molecule has 3 aromatic rings. The van der Waals surface area contributed by atoms with E-state index in [9.17, 15) is 9.59 Å². The highest BCUT2D eigenvalue weighted by molar-refractivity contribution is 7.19. The molecule has 3 N–H and O–H groups in total. The zero-order chi connectivity index (χ0) is 15.8. The first-order chi connectivity index (χ1) is 11.2. The molecule has 7 nitrogen and oxygen atoms in total. The maximum absolute atomic E-state index is 11.4. The second kappa shape index (κ2) is 5.62. The van der Waals surface area contributed by atoms with Crippen molar-refractivity contribution < 1.29 is 0 Å². The van der Waals surface area contributed by atoms with Crippen LogP contribution in [0.3, 0.4) is 0 Å². The van der Waals surface area contributed by atoms with Crippen molar-refractivity contribution in [1.82, 2.24) is 19.9 Å². The van der Waals surface area contributed by atoms with Gasteiger partial charge >= 0.3 is 5.69 Å². The fourth-order valence-electron chi connectivity index (χ4n) is 3.02. The van der Waals surface area contributed by atoms with Gasteiger partial charge in [-0.05, 0) is 31.2 Å². The molecule has 0 radical (unpaired) electrons. The molecule has 0 saturated carbocycles. The predicted molar refractivity (Wildman–Crippen MR) is 89.1 cm³/mol. The lowest BCUT2D eigenvalue weighted by molar-refractivity contribution is 0.700. The minimum atomic E-state index is -0.505. The van der Waals surface area contributed by atoms with E-state index in [0.29, 0.717) is 12.2 Å². The summed E-state index contributed by atoms with van der Waals surface area (Å²) in [4.78, 5) is 38.6. The highest BCUT2D eigenvalue weighted by Crippen LogP contribution is 2.38. The lowest BCUT2D eigenvalue weighted by atomic mass is 9.97. The minimum absolute atomic E-state index is 0.329. The number of rotatable bonds is 3. The van der Waals surface area contributed by atoms with E-state index in [1.54, 1.807) is 17.7 Å². The van der Waals surface area contributed by atoms with Gasteiger partial charge in [0.2, 0.25) is 0 Å². The lowest BCUT2D eigenvalue weighted by Crippen LogP contribution is -2.24. The number of thiophene rings is 1. The Hall–Kier alpha value is -2.48. The Bertz CT molecular complexity index is 959. The molecule has 0 aliphatic heterocycles. The molecule has 0 saturated heterocycles. The molecule has 4 rings (SSSR count). The Labute approximate surface area is 134 Å². The third-order valence-electron chi connectivity index (χ3n) is 4.01. The van der Waals surface area contributed by atoms with Crippen molar-refractivity contribution in [2.24, 2.45) is 0 Å². The zero-order valence-corrected chi connectivity index (χ0v) is 13.1. The second-order valence-electron chi connectivity index (χ2n) is 5.58. The molecule has 0 aromatic carbocycles. The van der Waals surface area contributed by atoms with Gasteiger partial charge in [-0.15, -0.1) is 11.3 Å². The molecule has 118 valence electrons. The van der Waals surface area contributed by atoms with Crippen LogP contribution in [-0.2, 0) is 19.4 Å². The van der Waals surface area contributed by atoms with E-state index >= 15 is 0 Å². The monoisotopic (exact) mass is 329 g/mol. The van der Waals surface area contributed by atoms with Crippen LogP contribution in [0.4, 0.5) is 5.82 Å². The molecule has 0 amide bonds. The smallest absolute Gasteiger partial charge is 0.325 e. The maximum atomic E-state index is 11.4. The molecule has 8 heteroatoms. The van der Waals surface area contributed by atoms with E-state index < -0.39 is 11.2 Å². The average Bonchev–Trinajstić information content (AvgIpc) is 2.91. The zero-order valence-electron chi connectivity index (χ0n) is 12.3. The van der Waals surface area contributed by atoms with Gasteiger partial charge in [0.15, 0.2) is 0 Å². The summed E-state index contributed by atoms with van der Waals surface area (Å²) in [5, 5.41) is 4.31. The van der Waals surface area contributed by atoms with Crippen LogP contribution in [0.1, 0.15) is 29.0 Å². The van der Waals surface area contributed by atoms with Crippen molar-refractivity contribution in [1.29, 1.82) is 0 Å². The van der Waals surface area contributed by atoms with Crippen LogP contribution in [0.15, 0.2) is 22.0 Å². The summed E-state index contributed by atoms with van der Waals surface area (Å²) in [6, 6.07) is 1.37. The number of anilines is 1. The normalized spacial score (nSPS) is 13.9. The first-order valence-corrected chi connectivity index (χ1v) is 8.34. The van der Waals surface area contributed by atoms with E-state index in [0.717, 1.165) is 28.9 Å². The van der Waals surface area contributed by atoms with E-state index in [1.807, 2.05) is 0 Å². The van der Waals surface area contributed by atoms with Crippen molar-refractivity contribution in [3.05, 3.63) is 49.4 Å². The summed E-state index contributed by atoms with van der Waals surface area (Å²) in [5.41, 5.74) is 0.953. The van der Waals surface area contributed by atoms with Gasteiger partial charge in [0.05, 0.1) is 11.9 Å². The number of nitrogens with one attached hydrogen (secondary N) is 3. The van der Waals surface area contributed by atoms with Gasteiger partial charge in [0, 0.05) is 16.6 Å². The molecule has 0 unspecified atom stereocenters. The van der Waals surface area contributed by atoms with Crippen molar-refractivity contribution in [2.75, 3.05) is 5.32 Å². The van der Waals surface area contributed by atoms with Crippen LogP contribution >= 0.6 is 11.3 Å². The lowest BCUT2D eigenvalue weighted by Gasteiger charge is -2.12. The summed E-state index contributed by atoms with van der Waals surface area (Å²) in [6.07, 6.45) is 6.13. The summed E-state index contributed by atoms with van der Waals surface area (Å²) >= 11 is 1.74. The van der Waals surface area contributed by atoms with Crippen molar-refractivity contribution in [3.63, 3.8) is 0 Å². The maximum Gasteiger partial charge on any atom is 0.325 e. The molecule has 0 atom stereocenters. The Morgan fingerprint density at radius 1 is 1.17 bits per heavy atom. The highest BCUT2D eigenvalue weighted by Gasteiger charge is 2.19. The van der Waals surface area contributed by atoms with E-state index in [1.165, 1.54) is 29.3 Å². The van der Waals surface area contributed by atoms with Gasteiger partial charge in [-0.3, -0.25) is 9.78 Å². The van der Waals surface area contributed by atoms with Gasteiger partial charge in [-0.25, -0.2) is 14.8 Å². The third kappa shape index (κ3) is 2.65. The molecule has 23 heavy (non-hydrogen) atoms. The van der Waals surface area contributed by atoms with Crippen LogP contribution in [-0.4, -0.2) is 19.9 Å². The number of H-pyrrole nitrogens is 2. The molecule has 0 fully saturated rings. The summed E-state index contributed by atoms with van der Waals surface area (Å²) in [5.74, 6) is 0.760. The molecular formula is C15H15N5O2S. The van der Waals surface area contributed by atoms with Crippen LogP contribution in [0.2, 0.25) is 0 Å². The first-order valence-electron chi connectivity index (χ1n) is 7.52. The predicted octanol–water partition coefficient (Wildman–Crippen LogP) is 1.56. The van der Waals surface area contributed by atoms with Gasteiger partial charge in [-0.1, -0.05) is 0 Å². The van der Waals surface area contributed by atoms with Crippen molar-refractivity contribution in [3.8, 4) is 0 Å². The number of aromatic amines is 2. The molecule has 1 aliphatic carbocycles. The van der Waals surface area contributed by atoms with E-state index in [2.05, 4.69) is 25.3 Å². The minimum Gasteiger partial charge on any atom is -0.364 e. The second-order valence-corrected chi connectivity index (χ2v) is 6.66. The van der Waals surface area contributed by atoms with Gasteiger partial charge in [-0.2, -0.15) is 0 Å². The topological polar surface area (TPSA) is 104 Å². The SMILES string of the molecule is O=c1cc(CNc2ncnc3sc4c(c23)CCCC4)[nH]c(=O)[nH]1. The number of aromatic nitrogens is 4. The average molecular weight is 329 g/mol. The molecule has 3 aromatic heterocycles. The van der Waals surface area contributed by atoms with Crippen LogP contribution in [0.5, 0.6) is 0 Å². The first kappa shape index (κ1) is 14.1. The number of aryl methyl sites for hydroxylation is 2. The largest absolute Gasteiger partial charge is 0.364 e. The van der Waals surface area contributed by atoms with Gasteiger partial charge in [0.25, 0.3) is 5.56 Å². The Kier molecular flexibility index (Phi) is 3.45. The van der Waals surface area contributed by atoms with Crippen molar-refractivity contribution in [2.45, 2.75) is 32.2 Å². The van der Waals surface area contributed by atoms with Crippen molar-refractivity contribution >= 4 is 27.4 Å². The third-order valence-corrected chi connectivity index (χ3v) is 5.21. The summed E-state index contributed by atoms with van der Waals surface area (Å²) in [7, 11) is 0. The Morgan fingerprint density at radius 3 is 2.91 bits per heavy atom. The Morgan fingerprint density at radius 2 is 2.04 bits per heavy atom. The standard InChI is InChI=1S/C15H15N5O2S/c21-11-5-8(19-15(22)20-11)6-16-13-12-9-3-1-2-4-10(9)23-14(12)18-7-17-13/h5,7H,1-4,6H2,(H,16,17,18)(H2,19,20,21,22). The van der Waals surface area contributed by atoms with Gasteiger partial charge in [0.1, 0.15) is 17.0 Å². The van der Waals surface area contributed by atoms with E-state index in [-0.39, 0.29) is 0 Å². The van der Waals surface area contributed by atoms with Gasteiger partial charge < -0.3 is 10.3 Å². The van der Waals surface area contributed by atoms with Crippen LogP contribution in [0, 0.1) is 0 Å². The quantitative estimate of drug-likeness (QED) is 0.676. The van der Waals surface area contributed by atoms with Crippen LogP contribution < -0.4 is 16.6 Å². The molecule has 0 spiro atoms. The van der Waals surface area contributed by atoms with E-state index in [4.69, 9.17) is 0 Å². The molecule has 0 bridgehead atoms. The summed E-state index contributed by atoms with van der Waals surface area (Å²) < 4.78 is 0. The number of nitrogens with zero attached hydrogens (tertiary/aromatic N) is 2. The fourth-order valence-corrected chi connectivity index (χ4v) is 4.25. The number of hydrogen-bond donors (Lipinski definition) is 3. The molecule has 1 aliphatic rings. The van der Waals surface area contributed by atoms with Crippen LogP contribution in [0.25, 0.3) is 10.2 Å². The number of hydrogen-bond acceptors (Lipinski definition) is 6. The molecule has 3 heterocycles. The summed E-state index contributed by atoms with van der Waals surface area (Å²) in [6.45, 7) is 0.329. The fraction of sp³-hybridized carbons (Fsp3) is 0.333. The Balaban J connectivity index is 1.70.